The minimum Gasteiger partial charge on any atom is -0.454 e. The molecule has 0 bridgehead atoms. The Labute approximate surface area is 164 Å². The van der Waals surface area contributed by atoms with Crippen molar-refractivity contribution in [3.63, 3.8) is 0 Å². The van der Waals surface area contributed by atoms with Crippen molar-refractivity contribution in [3.8, 4) is 0 Å². The number of aromatic nitrogens is 1. The number of Topliss-reactive ketones (excluding diaryl/α,β-unsaturated/α-hetero) is 1. The Kier molecular flexibility index (Phi) is 5.29. The Hall–Kier alpha value is -2.88. The number of hydrogen-bond acceptors (Lipinski definition) is 3. The molecule has 1 atom stereocenters. The fraction of sp³-hybridized carbons (Fsp3) is 0.333. The third-order valence-corrected chi connectivity index (χ3v) is 5.56. The molecule has 28 heavy (non-hydrogen) atoms. The molecular weight excluding hydrogens is 350 g/mol. The van der Waals surface area contributed by atoms with E-state index in [9.17, 15) is 9.59 Å². The molecule has 1 aliphatic rings. The Morgan fingerprint density at radius 2 is 1.93 bits per heavy atom. The van der Waals surface area contributed by atoms with Gasteiger partial charge in [0.1, 0.15) is 0 Å². The number of ketones is 1. The van der Waals surface area contributed by atoms with Crippen molar-refractivity contribution in [3.05, 3.63) is 70.9 Å². The summed E-state index contributed by atoms with van der Waals surface area (Å²) in [5.74, 6) is -0.443. The normalized spacial score (nSPS) is 14.0. The van der Waals surface area contributed by atoms with Gasteiger partial charge >= 0.3 is 5.97 Å². The molecule has 144 valence electrons. The van der Waals surface area contributed by atoms with Crippen LogP contribution in [0.5, 0.6) is 0 Å². The third-order valence-electron chi connectivity index (χ3n) is 5.56. The smallest absolute Gasteiger partial charge is 0.306 e. The van der Waals surface area contributed by atoms with Crippen LogP contribution in [0.15, 0.2) is 48.7 Å². The summed E-state index contributed by atoms with van der Waals surface area (Å²) in [6.45, 7) is 1.66. The Balaban J connectivity index is 1.29. The van der Waals surface area contributed by atoms with Crippen LogP contribution in [0.4, 0.5) is 0 Å². The molecule has 0 fully saturated rings. The van der Waals surface area contributed by atoms with Crippen LogP contribution in [-0.2, 0) is 28.8 Å². The summed E-state index contributed by atoms with van der Waals surface area (Å²) in [5, 5.41) is 1.19. The predicted molar refractivity (Wildman–Crippen MR) is 110 cm³/mol. The quantitative estimate of drug-likeness (QED) is 0.477. The van der Waals surface area contributed by atoms with Crippen molar-refractivity contribution in [1.29, 1.82) is 0 Å². The van der Waals surface area contributed by atoms with Gasteiger partial charge in [0, 0.05) is 29.1 Å². The highest BCUT2D eigenvalue weighted by atomic mass is 16.5. The van der Waals surface area contributed by atoms with Gasteiger partial charge in [-0.15, -0.1) is 0 Å². The zero-order valence-electron chi connectivity index (χ0n) is 16.2. The van der Waals surface area contributed by atoms with Crippen LogP contribution in [0.2, 0.25) is 0 Å². The van der Waals surface area contributed by atoms with Gasteiger partial charge < -0.3 is 9.72 Å². The lowest BCUT2D eigenvalue weighted by atomic mass is 10.0. The number of H-pyrrole nitrogens is 1. The van der Waals surface area contributed by atoms with Gasteiger partial charge in [0.05, 0.1) is 0 Å². The lowest BCUT2D eigenvalue weighted by Crippen LogP contribution is -2.24. The van der Waals surface area contributed by atoms with Gasteiger partial charge in [-0.1, -0.05) is 30.3 Å². The van der Waals surface area contributed by atoms with Gasteiger partial charge in [-0.05, 0) is 67.9 Å². The maximum atomic E-state index is 12.6. The number of benzene rings is 2. The van der Waals surface area contributed by atoms with Crippen molar-refractivity contribution < 1.29 is 14.3 Å². The van der Waals surface area contributed by atoms with Crippen molar-refractivity contribution >= 4 is 22.7 Å². The highest BCUT2D eigenvalue weighted by molar-refractivity contribution is 6.00. The summed E-state index contributed by atoms with van der Waals surface area (Å²) in [4.78, 5) is 28.0. The first-order chi connectivity index (χ1) is 13.6. The number of ether oxygens (including phenoxy) is 1. The Morgan fingerprint density at radius 1 is 1.11 bits per heavy atom. The molecule has 0 radical (unpaired) electrons. The summed E-state index contributed by atoms with van der Waals surface area (Å²) in [6, 6.07) is 14.0. The molecule has 0 saturated heterocycles. The second kappa shape index (κ2) is 8.01. The zero-order valence-corrected chi connectivity index (χ0v) is 16.2. The average Bonchev–Trinajstić information content (AvgIpc) is 3.33. The first-order valence-corrected chi connectivity index (χ1v) is 10.0. The average molecular weight is 375 g/mol. The second-order valence-corrected chi connectivity index (χ2v) is 7.55. The molecule has 0 aliphatic heterocycles. The summed E-state index contributed by atoms with van der Waals surface area (Å²) < 4.78 is 5.40. The fourth-order valence-electron chi connectivity index (χ4n) is 4.03. The number of aryl methyl sites for hydroxylation is 3. The van der Waals surface area contributed by atoms with E-state index in [4.69, 9.17) is 4.74 Å². The van der Waals surface area contributed by atoms with Gasteiger partial charge in [0.15, 0.2) is 6.10 Å². The van der Waals surface area contributed by atoms with Crippen molar-refractivity contribution in [2.75, 3.05) is 0 Å². The first-order valence-electron chi connectivity index (χ1n) is 10.0. The number of hydrogen-bond donors (Lipinski definition) is 1. The van der Waals surface area contributed by atoms with Crippen molar-refractivity contribution in [2.24, 2.45) is 0 Å². The monoisotopic (exact) mass is 375 g/mol. The summed E-state index contributed by atoms with van der Waals surface area (Å²) >= 11 is 0. The maximum absolute atomic E-state index is 12.6. The van der Waals surface area contributed by atoms with Gasteiger partial charge in [-0.25, -0.2) is 0 Å². The second-order valence-electron chi connectivity index (χ2n) is 7.55. The lowest BCUT2D eigenvalue weighted by Gasteiger charge is -2.13. The Morgan fingerprint density at radius 3 is 2.82 bits per heavy atom. The molecule has 1 aliphatic carbocycles. The number of carbonyl (C=O) groups excluding carboxylic acids is 2. The maximum Gasteiger partial charge on any atom is 0.306 e. The number of carbonyl (C=O) groups is 2. The molecule has 3 aromatic rings. The van der Waals surface area contributed by atoms with E-state index in [1.54, 1.807) is 6.92 Å². The van der Waals surface area contributed by atoms with E-state index in [-0.39, 0.29) is 11.8 Å². The number of rotatable bonds is 7. The molecule has 1 aromatic heterocycles. The summed E-state index contributed by atoms with van der Waals surface area (Å²) in [6.07, 6.45) is 6.31. The lowest BCUT2D eigenvalue weighted by molar-refractivity contribution is -0.146. The largest absolute Gasteiger partial charge is 0.454 e. The first kappa shape index (κ1) is 18.5. The molecule has 0 spiro atoms. The van der Waals surface area contributed by atoms with E-state index in [0.717, 1.165) is 31.2 Å². The number of esters is 1. The molecular formula is C24H25NO3. The van der Waals surface area contributed by atoms with Crippen LogP contribution in [0.1, 0.15) is 53.2 Å². The van der Waals surface area contributed by atoms with E-state index in [0.29, 0.717) is 18.4 Å². The standard InChI is InChI=1S/C24H25NO3/c1-16(24(27)19-13-12-17-6-4-7-18(17)14-19)28-23(26)11-5-8-20-15-25-22-10-3-2-9-21(20)22/h2-3,9-10,12-16,25H,4-8,11H2,1H3/t16-/m0/s1. The summed E-state index contributed by atoms with van der Waals surface area (Å²) in [7, 11) is 0. The fourth-order valence-corrected chi connectivity index (χ4v) is 4.03. The molecule has 2 aromatic carbocycles. The van der Waals surface area contributed by atoms with Gasteiger partial charge in [-0.3, -0.25) is 9.59 Å². The highest BCUT2D eigenvalue weighted by Crippen LogP contribution is 2.24. The number of aromatic amines is 1. The minimum absolute atomic E-state index is 0.125. The molecule has 4 rings (SSSR count). The van der Waals surface area contributed by atoms with Crippen molar-refractivity contribution in [2.45, 2.75) is 51.6 Å². The van der Waals surface area contributed by atoms with Gasteiger partial charge in [-0.2, -0.15) is 0 Å². The van der Waals surface area contributed by atoms with Gasteiger partial charge in [0.2, 0.25) is 5.78 Å². The Bertz CT molecular complexity index is 1020. The molecule has 0 saturated carbocycles. The number of nitrogens with one attached hydrogen (secondary N) is 1. The molecule has 0 amide bonds. The zero-order chi connectivity index (χ0) is 19.5. The molecule has 4 nitrogen and oxygen atoms in total. The van der Waals surface area contributed by atoms with E-state index < -0.39 is 6.10 Å². The van der Waals surface area contributed by atoms with Crippen LogP contribution < -0.4 is 0 Å². The van der Waals surface area contributed by atoms with E-state index in [1.165, 1.54) is 22.1 Å². The SMILES string of the molecule is C[C@H](OC(=O)CCCc1c[nH]c2ccccc12)C(=O)c1ccc2c(c1)CCC2. The molecule has 4 heteroatoms. The van der Waals surface area contributed by atoms with Crippen LogP contribution in [0, 0.1) is 0 Å². The van der Waals surface area contributed by atoms with E-state index >= 15 is 0 Å². The van der Waals surface area contributed by atoms with Crippen LogP contribution in [0.25, 0.3) is 10.9 Å². The molecule has 0 unspecified atom stereocenters. The van der Waals surface area contributed by atoms with Crippen LogP contribution >= 0.6 is 0 Å². The minimum atomic E-state index is -0.750. The van der Waals surface area contributed by atoms with Crippen molar-refractivity contribution in [1.82, 2.24) is 4.98 Å². The van der Waals surface area contributed by atoms with Gasteiger partial charge in [0.25, 0.3) is 0 Å². The predicted octanol–water partition coefficient (Wildman–Crippen LogP) is 4.79. The van der Waals surface area contributed by atoms with E-state index in [2.05, 4.69) is 11.1 Å². The third kappa shape index (κ3) is 3.86. The van der Waals surface area contributed by atoms with Crippen LogP contribution in [0.3, 0.4) is 0 Å². The number of fused-ring (bicyclic) bond motifs is 2. The topological polar surface area (TPSA) is 59.2 Å². The summed E-state index contributed by atoms with van der Waals surface area (Å²) in [5.41, 5.74) is 5.53. The van der Waals surface area contributed by atoms with Crippen LogP contribution in [-0.4, -0.2) is 22.8 Å². The molecule has 1 heterocycles. The van der Waals surface area contributed by atoms with E-state index in [1.807, 2.05) is 42.6 Å². The molecule has 1 N–H and O–H groups in total. The highest BCUT2D eigenvalue weighted by Gasteiger charge is 2.21. The number of para-hydroxylation sites is 1.